The van der Waals surface area contributed by atoms with E-state index in [1.807, 2.05) is 42.6 Å². The van der Waals surface area contributed by atoms with Gasteiger partial charge in [-0.3, -0.25) is 14.4 Å². The van der Waals surface area contributed by atoms with E-state index in [4.69, 9.17) is 0 Å². The number of amides is 3. The van der Waals surface area contributed by atoms with Crippen molar-refractivity contribution in [3.63, 3.8) is 0 Å². The molecule has 0 radical (unpaired) electrons. The topological polar surface area (TPSA) is 69.7 Å². The van der Waals surface area contributed by atoms with Gasteiger partial charge in [0, 0.05) is 44.7 Å². The van der Waals surface area contributed by atoms with E-state index >= 15 is 0 Å². The van der Waals surface area contributed by atoms with Gasteiger partial charge >= 0.3 is 0 Å². The molecule has 1 aromatic heterocycles. The van der Waals surface area contributed by atoms with Crippen LogP contribution in [0.25, 0.3) is 0 Å². The minimum atomic E-state index is -0.169. The number of thiophene rings is 1. The Hall–Kier alpha value is -2.67. The Labute approximate surface area is 162 Å². The highest BCUT2D eigenvalue weighted by molar-refractivity contribution is 7.12. The number of rotatable bonds is 5. The molecule has 1 aliphatic heterocycles. The lowest BCUT2D eigenvalue weighted by Crippen LogP contribution is -2.50. The number of hydrogen-bond donors (Lipinski definition) is 1. The van der Waals surface area contributed by atoms with Crippen LogP contribution in [0.3, 0.4) is 0 Å². The van der Waals surface area contributed by atoms with Gasteiger partial charge in [0.2, 0.25) is 5.91 Å². The molecule has 1 fully saturated rings. The average molecular weight is 385 g/mol. The first-order valence-electron chi connectivity index (χ1n) is 9.00. The minimum Gasteiger partial charge on any atom is -0.352 e. The largest absolute Gasteiger partial charge is 0.352 e. The number of hydrogen-bond acceptors (Lipinski definition) is 4. The van der Waals surface area contributed by atoms with Crippen LogP contribution in [0.15, 0.2) is 41.8 Å². The van der Waals surface area contributed by atoms with Gasteiger partial charge in [-0.05, 0) is 30.5 Å². The summed E-state index contributed by atoms with van der Waals surface area (Å²) in [6.07, 6.45) is 0.260. The van der Waals surface area contributed by atoms with Crippen LogP contribution in [0.2, 0.25) is 0 Å². The van der Waals surface area contributed by atoms with Crippen molar-refractivity contribution in [2.75, 3.05) is 32.7 Å². The Morgan fingerprint density at radius 3 is 2.44 bits per heavy atom. The average Bonchev–Trinajstić information content (AvgIpc) is 3.22. The zero-order valence-electron chi connectivity index (χ0n) is 15.3. The van der Waals surface area contributed by atoms with E-state index in [-0.39, 0.29) is 24.1 Å². The molecule has 0 bridgehead atoms. The maximum Gasteiger partial charge on any atom is 0.264 e. The molecule has 3 rings (SSSR count). The quantitative estimate of drug-likeness (QED) is 0.858. The lowest BCUT2D eigenvalue weighted by Gasteiger charge is -2.34. The van der Waals surface area contributed by atoms with E-state index in [0.717, 1.165) is 10.4 Å². The highest BCUT2D eigenvalue weighted by atomic mass is 32.1. The maximum absolute atomic E-state index is 12.3. The van der Waals surface area contributed by atoms with Crippen LogP contribution in [0, 0.1) is 6.92 Å². The Morgan fingerprint density at radius 1 is 1.04 bits per heavy atom. The normalized spacial score (nSPS) is 14.1. The summed E-state index contributed by atoms with van der Waals surface area (Å²) in [5.41, 5.74) is 1.62. The maximum atomic E-state index is 12.3. The van der Waals surface area contributed by atoms with Gasteiger partial charge < -0.3 is 15.1 Å². The summed E-state index contributed by atoms with van der Waals surface area (Å²) in [7, 11) is 0. The summed E-state index contributed by atoms with van der Waals surface area (Å²) in [5.74, 6) is -0.136. The number of carbonyl (C=O) groups excluding carboxylic acids is 3. The molecule has 1 N–H and O–H groups in total. The highest BCUT2D eigenvalue weighted by Crippen LogP contribution is 2.14. The van der Waals surface area contributed by atoms with E-state index in [2.05, 4.69) is 5.32 Å². The monoisotopic (exact) mass is 385 g/mol. The molecule has 0 unspecified atom stereocenters. The van der Waals surface area contributed by atoms with Crippen LogP contribution < -0.4 is 5.32 Å². The first-order valence-corrected chi connectivity index (χ1v) is 9.88. The zero-order valence-corrected chi connectivity index (χ0v) is 16.1. The second kappa shape index (κ2) is 8.81. The van der Waals surface area contributed by atoms with Gasteiger partial charge in [0.05, 0.1) is 4.88 Å². The predicted molar refractivity (Wildman–Crippen MR) is 105 cm³/mol. The molecule has 2 heterocycles. The number of aryl methyl sites for hydroxylation is 1. The predicted octanol–water partition coefficient (Wildman–Crippen LogP) is 2.16. The molecule has 1 aromatic carbocycles. The third-order valence-corrected chi connectivity index (χ3v) is 5.41. The van der Waals surface area contributed by atoms with E-state index in [1.54, 1.807) is 15.9 Å². The van der Waals surface area contributed by atoms with Crippen molar-refractivity contribution in [2.24, 2.45) is 0 Å². The lowest BCUT2D eigenvalue weighted by molar-refractivity contribution is -0.132. The van der Waals surface area contributed by atoms with Crippen molar-refractivity contribution < 1.29 is 14.4 Å². The highest BCUT2D eigenvalue weighted by Gasteiger charge is 2.25. The number of piperazine rings is 1. The fraction of sp³-hybridized carbons (Fsp3) is 0.350. The summed E-state index contributed by atoms with van der Waals surface area (Å²) in [6.45, 7) is 4.38. The second-order valence-corrected chi connectivity index (χ2v) is 7.47. The summed E-state index contributed by atoms with van der Waals surface area (Å²) >= 11 is 1.43. The molecule has 0 spiro atoms. The number of carbonyl (C=O) groups is 3. The Kier molecular flexibility index (Phi) is 6.24. The number of benzene rings is 1. The molecule has 142 valence electrons. The Morgan fingerprint density at radius 2 is 1.78 bits per heavy atom. The lowest BCUT2D eigenvalue weighted by atomic mass is 10.1. The van der Waals surface area contributed by atoms with Crippen LogP contribution in [-0.4, -0.2) is 60.2 Å². The van der Waals surface area contributed by atoms with Crippen molar-refractivity contribution in [2.45, 2.75) is 13.3 Å². The van der Waals surface area contributed by atoms with Crippen LogP contribution in [0.4, 0.5) is 0 Å². The molecule has 3 amide bonds. The molecule has 1 saturated heterocycles. The molecular weight excluding hydrogens is 362 g/mol. The van der Waals surface area contributed by atoms with Crippen LogP contribution in [0.1, 0.15) is 32.0 Å². The van der Waals surface area contributed by atoms with Gasteiger partial charge in [0.15, 0.2) is 0 Å². The fourth-order valence-corrected chi connectivity index (χ4v) is 3.74. The molecule has 7 heteroatoms. The van der Waals surface area contributed by atoms with E-state index < -0.39 is 0 Å². The fourth-order valence-electron chi connectivity index (χ4n) is 3.04. The van der Waals surface area contributed by atoms with Crippen LogP contribution in [-0.2, 0) is 4.79 Å². The van der Waals surface area contributed by atoms with Crippen molar-refractivity contribution in [3.05, 3.63) is 57.8 Å². The van der Waals surface area contributed by atoms with Crippen LogP contribution in [0.5, 0.6) is 0 Å². The SMILES string of the molecule is Cc1cccc(C(=O)NCCC(=O)N2CCN(C(=O)c3cccs3)CC2)c1. The van der Waals surface area contributed by atoms with E-state index in [0.29, 0.717) is 38.3 Å². The van der Waals surface area contributed by atoms with Gasteiger partial charge in [-0.25, -0.2) is 0 Å². The third kappa shape index (κ3) is 4.95. The van der Waals surface area contributed by atoms with Gasteiger partial charge in [0.25, 0.3) is 11.8 Å². The summed E-state index contributed by atoms with van der Waals surface area (Å²) in [4.78, 5) is 41.1. The Bertz CT molecular complexity index is 812. The zero-order chi connectivity index (χ0) is 19.2. The molecular formula is C20H23N3O3S. The first-order chi connectivity index (χ1) is 13.0. The van der Waals surface area contributed by atoms with E-state index in [1.165, 1.54) is 11.3 Å². The smallest absolute Gasteiger partial charge is 0.264 e. The van der Waals surface area contributed by atoms with Gasteiger partial charge in [-0.15, -0.1) is 11.3 Å². The van der Waals surface area contributed by atoms with Gasteiger partial charge in [-0.2, -0.15) is 0 Å². The molecule has 0 atom stereocenters. The number of nitrogens with zero attached hydrogens (tertiary/aromatic N) is 2. The van der Waals surface area contributed by atoms with Crippen LogP contribution >= 0.6 is 11.3 Å². The van der Waals surface area contributed by atoms with Gasteiger partial charge in [0.1, 0.15) is 0 Å². The summed E-state index contributed by atoms with van der Waals surface area (Å²) in [6, 6.07) is 11.0. The molecule has 0 aliphatic carbocycles. The standard InChI is InChI=1S/C20H23N3O3S/c1-15-4-2-5-16(14-15)19(25)21-8-7-18(24)22-9-11-23(12-10-22)20(26)17-6-3-13-27-17/h2-6,13-14H,7-12H2,1H3,(H,21,25). The second-order valence-electron chi connectivity index (χ2n) is 6.53. The minimum absolute atomic E-state index is 0.00256. The van der Waals surface area contributed by atoms with Gasteiger partial charge in [-0.1, -0.05) is 23.8 Å². The van der Waals surface area contributed by atoms with Crippen molar-refractivity contribution in [3.8, 4) is 0 Å². The molecule has 6 nitrogen and oxygen atoms in total. The first kappa shape index (κ1) is 19.1. The molecule has 1 aliphatic rings. The molecule has 0 saturated carbocycles. The number of nitrogens with one attached hydrogen (secondary N) is 1. The third-order valence-electron chi connectivity index (χ3n) is 4.56. The van der Waals surface area contributed by atoms with Crippen molar-refractivity contribution >= 4 is 29.1 Å². The summed E-state index contributed by atoms with van der Waals surface area (Å²) < 4.78 is 0. The summed E-state index contributed by atoms with van der Waals surface area (Å²) in [5, 5.41) is 4.68. The molecule has 2 aromatic rings. The van der Waals surface area contributed by atoms with Crippen molar-refractivity contribution in [1.29, 1.82) is 0 Å². The molecule has 27 heavy (non-hydrogen) atoms. The Balaban J connectivity index is 1.41. The van der Waals surface area contributed by atoms with E-state index in [9.17, 15) is 14.4 Å². The van der Waals surface area contributed by atoms with Crippen molar-refractivity contribution in [1.82, 2.24) is 15.1 Å².